The zero-order chi connectivity index (χ0) is 31.6. The molecule has 1 unspecified atom stereocenters. The van der Waals surface area contributed by atoms with E-state index < -0.39 is 23.5 Å². The molecule has 232 valence electrons. The fraction of sp³-hybridized carbons (Fsp3) is 0.455. The summed E-state index contributed by atoms with van der Waals surface area (Å²) in [6.07, 6.45) is 0.507. The lowest BCUT2D eigenvalue weighted by molar-refractivity contribution is -0.150. The van der Waals surface area contributed by atoms with E-state index in [-0.39, 0.29) is 31.2 Å². The van der Waals surface area contributed by atoms with Crippen molar-refractivity contribution in [3.8, 4) is 16.9 Å². The van der Waals surface area contributed by atoms with E-state index in [0.717, 1.165) is 22.4 Å². The number of fused-ring (bicyclic) bond motifs is 1. The molecule has 1 aromatic heterocycles. The molecule has 43 heavy (non-hydrogen) atoms. The summed E-state index contributed by atoms with van der Waals surface area (Å²) in [5.41, 5.74) is 1.32. The van der Waals surface area contributed by atoms with Crippen LogP contribution in [0.3, 0.4) is 0 Å². The monoisotopic (exact) mass is 593 g/mol. The van der Waals surface area contributed by atoms with Crippen LogP contribution < -0.4 is 15.6 Å². The van der Waals surface area contributed by atoms with Gasteiger partial charge in [0, 0.05) is 23.0 Å². The Morgan fingerprint density at radius 3 is 2.49 bits per heavy atom. The number of amides is 2. The van der Waals surface area contributed by atoms with E-state index in [1.807, 2.05) is 56.3 Å². The van der Waals surface area contributed by atoms with E-state index in [1.165, 1.54) is 12.0 Å². The number of nitrogens with zero attached hydrogens (tertiary/aromatic N) is 1. The highest BCUT2D eigenvalue weighted by molar-refractivity contribution is 5.88. The second-order valence-electron chi connectivity index (χ2n) is 12.0. The van der Waals surface area contributed by atoms with E-state index in [4.69, 9.17) is 14.2 Å². The maximum absolute atomic E-state index is 12.6. The normalized spacial score (nSPS) is 14.6. The van der Waals surface area contributed by atoms with Gasteiger partial charge in [0.2, 0.25) is 5.91 Å². The number of alkyl carbamates (subject to hydrolysis) is 1. The Hall–Kier alpha value is -4.34. The molecular formula is C33H43N3O7. The number of aromatic amines is 1. The van der Waals surface area contributed by atoms with Crippen LogP contribution in [0.25, 0.3) is 22.0 Å². The highest BCUT2D eigenvalue weighted by atomic mass is 16.6. The topological polar surface area (TPSA) is 127 Å². The van der Waals surface area contributed by atoms with Crippen molar-refractivity contribution in [3.63, 3.8) is 0 Å². The van der Waals surface area contributed by atoms with Crippen LogP contribution in [0, 0.1) is 11.3 Å². The second-order valence-corrected chi connectivity index (χ2v) is 12.0. The number of esters is 1. The van der Waals surface area contributed by atoms with Crippen molar-refractivity contribution in [2.45, 2.75) is 53.5 Å². The van der Waals surface area contributed by atoms with Crippen LogP contribution in [0.4, 0.5) is 4.79 Å². The molecule has 0 radical (unpaired) electrons. The summed E-state index contributed by atoms with van der Waals surface area (Å²) in [5, 5.41) is 3.38. The van der Waals surface area contributed by atoms with Gasteiger partial charge in [-0.15, -0.1) is 0 Å². The molecule has 2 N–H and O–H groups in total. The Labute approximate surface area is 252 Å². The van der Waals surface area contributed by atoms with Crippen molar-refractivity contribution in [1.82, 2.24) is 15.2 Å². The zero-order valence-corrected chi connectivity index (χ0v) is 25.9. The highest BCUT2D eigenvalue weighted by Crippen LogP contribution is 2.25. The number of methoxy groups -OCH3 is 1. The predicted octanol–water partition coefficient (Wildman–Crippen LogP) is 5.15. The number of aromatic nitrogens is 1. The van der Waals surface area contributed by atoms with Gasteiger partial charge in [0.05, 0.1) is 13.7 Å². The molecule has 0 spiro atoms. The van der Waals surface area contributed by atoms with Crippen molar-refractivity contribution in [3.05, 3.63) is 65.0 Å². The smallest absolute Gasteiger partial charge is 0.407 e. The van der Waals surface area contributed by atoms with Gasteiger partial charge in [0.25, 0.3) is 5.56 Å². The Morgan fingerprint density at radius 1 is 1.05 bits per heavy atom. The third-order valence-electron chi connectivity index (χ3n) is 6.55. The van der Waals surface area contributed by atoms with Crippen LogP contribution in [0.5, 0.6) is 5.75 Å². The molecule has 1 fully saturated rings. The number of hydrogen-bond donors (Lipinski definition) is 2. The van der Waals surface area contributed by atoms with E-state index in [2.05, 4.69) is 31.1 Å². The van der Waals surface area contributed by atoms with Crippen molar-refractivity contribution >= 4 is 28.9 Å². The first kappa shape index (κ1) is 33.2. The summed E-state index contributed by atoms with van der Waals surface area (Å²) >= 11 is 0. The van der Waals surface area contributed by atoms with Crippen LogP contribution in [0.2, 0.25) is 0 Å². The van der Waals surface area contributed by atoms with E-state index >= 15 is 0 Å². The van der Waals surface area contributed by atoms with Gasteiger partial charge in [0.15, 0.2) is 0 Å². The molecule has 10 nitrogen and oxygen atoms in total. The van der Waals surface area contributed by atoms with E-state index in [0.29, 0.717) is 30.7 Å². The maximum Gasteiger partial charge on any atom is 0.407 e. The second kappa shape index (κ2) is 15.2. The van der Waals surface area contributed by atoms with Gasteiger partial charge in [-0.3, -0.25) is 9.59 Å². The summed E-state index contributed by atoms with van der Waals surface area (Å²) in [7, 11) is 1.28. The average Bonchev–Trinajstić information content (AvgIpc) is 3.47. The maximum atomic E-state index is 12.6. The van der Waals surface area contributed by atoms with E-state index in [9.17, 15) is 19.2 Å². The fourth-order valence-electron chi connectivity index (χ4n) is 4.44. The van der Waals surface area contributed by atoms with Crippen LogP contribution >= 0.6 is 0 Å². The molecule has 2 heterocycles. The number of hydrogen-bond acceptors (Lipinski definition) is 7. The largest absolute Gasteiger partial charge is 0.493 e. The lowest BCUT2D eigenvalue weighted by atomic mass is 9.96. The minimum atomic E-state index is -0.734. The van der Waals surface area contributed by atoms with Gasteiger partial charge in [0.1, 0.15) is 24.9 Å². The number of benzene rings is 2. The number of H-pyrrole nitrogens is 1. The van der Waals surface area contributed by atoms with Crippen LogP contribution in [0.15, 0.2) is 59.4 Å². The lowest BCUT2D eigenvalue weighted by Crippen LogP contribution is -2.46. The minimum absolute atomic E-state index is 0.0472. The third-order valence-corrected chi connectivity index (χ3v) is 6.55. The van der Waals surface area contributed by atoms with Gasteiger partial charge in [-0.05, 0) is 54.0 Å². The molecule has 1 aliphatic heterocycles. The molecule has 0 saturated carbocycles. The fourth-order valence-corrected chi connectivity index (χ4v) is 4.44. The molecule has 1 saturated heterocycles. The molecule has 1 aliphatic rings. The summed E-state index contributed by atoms with van der Waals surface area (Å²) in [5.74, 6) is 0.585. The summed E-state index contributed by atoms with van der Waals surface area (Å²) in [6.45, 7) is 10.7. The first-order valence-corrected chi connectivity index (χ1v) is 14.5. The van der Waals surface area contributed by atoms with Gasteiger partial charge in [-0.1, -0.05) is 65.0 Å². The molecule has 1 atom stereocenters. The van der Waals surface area contributed by atoms with Crippen LogP contribution in [-0.2, 0) is 19.1 Å². The van der Waals surface area contributed by atoms with Gasteiger partial charge >= 0.3 is 12.1 Å². The van der Waals surface area contributed by atoms with Crippen LogP contribution in [0.1, 0.15) is 47.5 Å². The highest BCUT2D eigenvalue weighted by Gasteiger charge is 2.34. The number of carbonyl (C=O) groups excluding carboxylic acids is 3. The standard InChI is InChI=1S/C29H33N3O7.C4H10/c1-29(2,18-39-28(36)30-16-25(33)32-13-7-12-24(32)27(35)37-3)17-38-21-10-6-9-19(14-21)22-15-20-8-4-5-11-23(20)31-26(22)34;1-4(2)3/h4-6,8-11,14-15,24H,7,12-13,16-18H2,1-3H3,(H,30,36)(H,31,34);4H,1-3H3. The summed E-state index contributed by atoms with van der Waals surface area (Å²) in [4.78, 5) is 53.5. The Morgan fingerprint density at radius 2 is 1.77 bits per heavy atom. The van der Waals surface area contributed by atoms with Gasteiger partial charge in [-0.25, -0.2) is 9.59 Å². The molecular weight excluding hydrogens is 550 g/mol. The number of likely N-dealkylation sites (tertiary alicyclic amines) is 1. The average molecular weight is 594 g/mol. The number of nitrogens with one attached hydrogen (secondary N) is 2. The Bertz CT molecular complexity index is 1460. The number of carbonyl (C=O) groups is 3. The third kappa shape index (κ3) is 9.87. The van der Waals surface area contributed by atoms with Crippen molar-refractivity contribution < 1.29 is 28.6 Å². The predicted molar refractivity (Wildman–Crippen MR) is 166 cm³/mol. The lowest BCUT2D eigenvalue weighted by Gasteiger charge is -2.25. The minimum Gasteiger partial charge on any atom is -0.493 e. The quantitative estimate of drug-likeness (QED) is 0.329. The first-order valence-electron chi connectivity index (χ1n) is 14.5. The molecule has 4 rings (SSSR count). The number of rotatable bonds is 9. The number of para-hydroxylation sites is 1. The summed E-state index contributed by atoms with van der Waals surface area (Å²) in [6, 6.07) is 16.1. The molecule has 2 amide bonds. The summed E-state index contributed by atoms with van der Waals surface area (Å²) < 4.78 is 16.0. The van der Waals surface area contributed by atoms with Crippen molar-refractivity contribution in [2.24, 2.45) is 11.3 Å². The zero-order valence-electron chi connectivity index (χ0n) is 25.9. The van der Waals surface area contributed by atoms with E-state index in [1.54, 1.807) is 12.1 Å². The molecule has 10 heteroatoms. The van der Waals surface area contributed by atoms with Crippen LogP contribution in [-0.4, -0.2) is 67.3 Å². The Balaban J connectivity index is 0.00000119. The SMILES string of the molecule is CC(C)C.COC(=O)C1CCCN1C(=O)CNC(=O)OCC(C)(C)COc1cccc(-c2cc3ccccc3[nH]c2=O)c1. The first-order chi connectivity index (χ1) is 20.4. The van der Waals surface area contributed by atoms with Gasteiger partial charge in [-0.2, -0.15) is 0 Å². The molecule has 2 aromatic carbocycles. The molecule has 3 aromatic rings. The Kier molecular flexibility index (Phi) is 11.7. The number of pyridine rings is 1. The van der Waals surface area contributed by atoms with Gasteiger partial charge < -0.3 is 29.4 Å². The molecule has 0 aliphatic carbocycles. The van der Waals surface area contributed by atoms with Crippen molar-refractivity contribution in [1.29, 1.82) is 0 Å². The number of ether oxygens (including phenoxy) is 3. The molecule has 0 bridgehead atoms. The van der Waals surface area contributed by atoms with Crippen molar-refractivity contribution in [2.75, 3.05) is 33.4 Å².